The molecule has 0 aliphatic carbocycles. The van der Waals surface area contributed by atoms with Crippen LogP contribution >= 0.6 is 11.6 Å². The summed E-state index contributed by atoms with van der Waals surface area (Å²) < 4.78 is 42.4. The highest BCUT2D eigenvalue weighted by atomic mass is 35.5. The van der Waals surface area contributed by atoms with Crippen LogP contribution in [-0.4, -0.2) is 46.4 Å². The SMILES string of the molecule is Cc1ccn2c(C(CC(=O)N3CCN(c4cccc(Cl)c4)CC3)c3cccc(C(F)(F)F)c3)cnc2c1. The van der Waals surface area contributed by atoms with Crippen LogP contribution < -0.4 is 4.90 Å². The Balaban J connectivity index is 1.41. The molecule has 0 radical (unpaired) electrons. The molecule has 3 heterocycles. The van der Waals surface area contributed by atoms with Gasteiger partial charge in [-0.1, -0.05) is 35.9 Å². The number of carbonyl (C=O) groups is 1. The fraction of sp³-hybridized carbons (Fsp3) is 0.286. The summed E-state index contributed by atoms with van der Waals surface area (Å²) in [5, 5.41) is 0.656. The lowest BCUT2D eigenvalue weighted by atomic mass is 9.90. The molecule has 2 aromatic heterocycles. The van der Waals surface area contributed by atoms with Crippen molar-refractivity contribution in [1.82, 2.24) is 14.3 Å². The van der Waals surface area contributed by atoms with Gasteiger partial charge in [0.1, 0.15) is 5.65 Å². The molecule has 0 spiro atoms. The zero-order valence-electron chi connectivity index (χ0n) is 20.3. The molecular weight excluding hydrogens is 501 g/mol. The molecule has 1 aliphatic rings. The van der Waals surface area contributed by atoms with Gasteiger partial charge in [0.15, 0.2) is 0 Å². The molecule has 2 aromatic carbocycles. The van der Waals surface area contributed by atoms with Crippen molar-refractivity contribution in [2.75, 3.05) is 31.1 Å². The normalized spacial score (nSPS) is 15.3. The Hall–Kier alpha value is -3.52. The van der Waals surface area contributed by atoms with Crippen LogP contribution in [0.4, 0.5) is 18.9 Å². The minimum Gasteiger partial charge on any atom is -0.368 e. The van der Waals surface area contributed by atoms with Gasteiger partial charge >= 0.3 is 6.18 Å². The van der Waals surface area contributed by atoms with E-state index in [1.807, 2.05) is 53.9 Å². The fourth-order valence-electron chi connectivity index (χ4n) is 4.88. The van der Waals surface area contributed by atoms with E-state index in [-0.39, 0.29) is 12.3 Å². The molecule has 1 aliphatic heterocycles. The second-order valence-corrected chi connectivity index (χ2v) is 9.78. The highest BCUT2D eigenvalue weighted by Gasteiger charge is 2.33. The number of pyridine rings is 1. The smallest absolute Gasteiger partial charge is 0.368 e. The van der Waals surface area contributed by atoms with Crippen LogP contribution in [0.1, 0.15) is 34.7 Å². The third-order valence-corrected chi connectivity index (χ3v) is 7.09. The number of rotatable bonds is 5. The van der Waals surface area contributed by atoms with Gasteiger partial charge in [-0.25, -0.2) is 4.98 Å². The van der Waals surface area contributed by atoms with E-state index in [9.17, 15) is 18.0 Å². The van der Waals surface area contributed by atoms with Gasteiger partial charge in [0, 0.05) is 61.6 Å². The number of hydrogen-bond acceptors (Lipinski definition) is 3. The maximum atomic E-state index is 13.5. The van der Waals surface area contributed by atoms with Crippen LogP contribution in [0.15, 0.2) is 73.1 Å². The number of hydrogen-bond donors (Lipinski definition) is 0. The van der Waals surface area contributed by atoms with E-state index in [4.69, 9.17) is 11.6 Å². The number of alkyl halides is 3. The van der Waals surface area contributed by atoms with Gasteiger partial charge in [-0.2, -0.15) is 13.2 Å². The van der Waals surface area contributed by atoms with E-state index >= 15 is 0 Å². The van der Waals surface area contributed by atoms with E-state index in [0.717, 1.165) is 23.4 Å². The van der Waals surface area contributed by atoms with Crippen molar-refractivity contribution in [3.05, 3.63) is 100 Å². The number of carbonyl (C=O) groups excluding carboxylic acids is 1. The summed E-state index contributed by atoms with van der Waals surface area (Å²) >= 11 is 6.13. The van der Waals surface area contributed by atoms with E-state index in [1.165, 1.54) is 6.07 Å². The van der Waals surface area contributed by atoms with Crippen molar-refractivity contribution in [1.29, 1.82) is 0 Å². The van der Waals surface area contributed by atoms with Crippen molar-refractivity contribution in [3.63, 3.8) is 0 Å². The topological polar surface area (TPSA) is 40.9 Å². The number of nitrogens with zero attached hydrogens (tertiary/aromatic N) is 4. The molecule has 5 rings (SSSR count). The molecule has 1 fully saturated rings. The maximum absolute atomic E-state index is 13.5. The number of aromatic nitrogens is 2. The molecule has 0 bridgehead atoms. The Bertz CT molecular complexity index is 1430. The van der Waals surface area contributed by atoms with Gasteiger partial charge in [-0.05, 0) is 54.4 Å². The zero-order valence-corrected chi connectivity index (χ0v) is 21.0. The molecule has 1 saturated heterocycles. The van der Waals surface area contributed by atoms with Gasteiger partial charge in [0.2, 0.25) is 5.91 Å². The quantitative estimate of drug-likeness (QED) is 0.311. The predicted octanol–water partition coefficient (Wildman–Crippen LogP) is 6.19. The Morgan fingerprint density at radius 3 is 2.51 bits per heavy atom. The van der Waals surface area contributed by atoms with Crippen molar-refractivity contribution in [2.24, 2.45) is 0 Å². The summed E-state index contributed by atoms with van der Waals surface area (Å²) in [5.41, 5.74) is 3.09. The number of piperazine rings is 1. The average Bonchev–Trinajstić information content (AvgIpc) is 3.29. The van der Waals surface area contributed by atoms with Crippen LogP contribution in [-0.2, 0) is 11.0 Å². The molecule has 0 saturated carbocycles. The highest BCUT2D eigenvalue weighted by Crippen LogP contribution is 2.35. The number of halogens is 4. The monoisotopic (exact) mass is 526 g/mol. The minimum atomic E-state index is -4.47. The van der Waals surface area contributed by atoms with Crippen molar-refractivity contribution in [2.45, 2.75) is 25.4 Å². The Morgan fingerprint density at radius 1 is 1.03 bits per heavy atom. The standard InChI is InChI=1S/C28H26ClF3N4O/c1-19-8-9-36-25(18-33-26(36)14-19)24(20-4-2-5-21(15-20)28(30,31)32)17-27(37)35-12-10-34(11-13-35)23-7-3-6-22(29)16-23/h2-9,14-16,18,24H,10-13,17H2,1H3. The lowest BCUT2D eigenvalue weighted by Crippen LogP contribution is -2.49. The van der Waals surface area contributed by atoms with Gasteiger partial charge in [0.05, 0.1) is 11.3 Å². The number of amides is 1. The summed E-state index contributed by atoms with van der Waals surface area (Å²) in [5.74, 6) is -0.686. The summed E-state index contributed by atoms with van der Waals surface area (Å²) in [7, 11) is 0. The van der Waals surface area contributed by atoms with Gasteiger partial charge in [-0.3, -0.25) is 4.79 Å². The van der Waals surface area contributed by atoms with Crippen molar-refractivity contribution < 1.29 is 18.0 Å². The molecule has 37 heavy (non-hydrogen) atoms. The Morgan fingerprint density at radius 2 is 1.78 bits per heavy atom. The summed E-state index contributed by atoms with van der Waals surface area (Å²) in [6, 6.07) is 16.7. The van der Waals surface area contributed by atoms with Crippen LogP contribution in [0.2, 0.25) is 5.02 Å². The van der Waals surface area contributed by atoms with E-state index < -0.39 is 17.7 Å². The van der Waals surface area contributed by atoms with Gasteiger partial charge in [0.25, 0.3) is 0 Å². The van der Waals surface area contributed by atoms with Crippen LogP contribution in [0.25, 0.3) is 5.65 Å². The predicted molar refractivity (Wildman–Crippen MR) is 138 cm³/mol. The summed E-state index contributed by atoms with van der Waals surface area (Å²) in [4.78, 5) is 21.9. The first-order chi connectivity index (χ1) is 17.7. The molecule has 4 aromatic rings. The number of benzene rings is 2. The Labute approximate surface area is 218 Å². The molecule has 192 valence electrons. The molecule has 0 N–H and O–H groups in total. The lowest BCUT2D eigenvalue weighted by molar-refractivity contribution is -0.137. The first-order valence-corrected chi connectivity index (χ1v) is 12.5. The lowest BCUT2D eigenvalue weighted by Gasteiger charge is -2.36. The minimum absolute atomic E-state index is 0.0418. The molecule has 1 amide bonds. The van der Waals surface area contributed by atoms with Gasteiger partial charge in [-0.15, -0.1) is 0 Å². The average molecular weight is 527 g/mol. The fourth-order valence-corrected chi connectivity index (χ4v) is 5.06. The van der Waals surface area contributed by atoms with Crippen LogP contribution in [0.3, 0.4) is 0 Å². The number of anilines is 1. The molecule has 9 heteroatoms. The summed E-state index contributed by atoms with van der Waals surface area (Å²) in [6.07, 6.45) is -0.927. The van der Waals surface area contributed by atoms with Crippen molar-refractivity contribution in [3.8, 4) is 0 Å². The molecular formula is C28H26ClF3N4O. The second-order valence-electron chi connectivity index (χ2n) is 9.34. The third kappa shape index (κ3) is 5.44. The zero-order chi connectivity index (χ0) is 26.2. The molecule has 1 unspecified atom stereocenters. The third-order valence-electron chi connectivity index (χ3n) is 6.86. The van der Waals surface area contributed by atoms with Crippen LogP contribution in [0.5, 0.6) is 0 Å². The Kier molecular flexibility index (Phi) is 6.86. The number of fused-ring (bicyclic) bond motifs is 1. The second kappa shape index (κ2) is 10.1. The molecule has 1 atom stereocenters. The van der Waals surface area contributed by atoms with E-state index in [0.29, 0.717) is 48.1 Å². The summed E-state index contributed by atoms with van der Waals surface area (Å²) in [6.45, 7) is 4.29. The van der Waals surface area contributed by atoms with Crippen molar-refractivity contribution >= 4 is 28.8 Å². The first kappa shape index (κ1) is 25.1. The first-order valence-electron chi connectivity index (χ1n) is 12.1. The van der Waals surface area contributed by atoms with Crippen LogP contribution in [0, 0.1) is 6.92 Å². The van der Waals surface area contributed by atoms with E-state index in [2.05, 4.69) is 9.88 Å². The maximum Gasteiger partial charge on any atom is 0.416 e. The van der Waals surface area contributed by atoms with E-state index in [1.54, 1.807) is 17.2 Å². The molecule has 5 nitrogen and oxygen atoms in total. The number of imidazole rings is 1. The number of aryl methyl sites for hydroxylation is 1. The largest absolute Gasteiger partial charge is 0.416 e. The highest BCUT2D eigenvalue weighted by molar-refractivity contribution is 6.30. The van der Waals surface area contributed by atoms with Gasteiger partial charge < -0.3 is 14.2 Å².